The maximum absolute atomic E-state index is 12.4. The lowest BCUT2D eigenvalue weighted by Crippen LogP contribution is -2.45. The zero-order valence-corrected chi connectivity index (χ0v) is 36.4. The highest BCUT2D eigenvalue weighted by Gasteiger charge is 2.17. The molecule has 0 fully saturated rings. The van der Waals surface area contributed by atoms with Crippen molar-refractivity contribution >= 4 is 11.9 Å². The van der Waals surface area contributed by atoms with Crippen molar-refractivity contribution in [3.63, 3.8) is 0 Å². The molecule has 0 heterocycles. The van der Waals surface area contributed by atoms with Crippen LogP contribution in [0.15, 0.2) is 36.5 Å². The largest absolute Gasteiger partial charge is 0.466 e. The molecule has 0 aliphatic rings. The number of aliphatic hydroxyl groups excluding tert-OH is 2. The fourth-order valence-corrected chi connectivity index (χ4v) is 6.92. The smallest absolute Gasteiger partial charge is 0.305 e. The zero-order valence-electron chi connectivity index (χ0n) is 36.4. The second-order valence-electron chi connectivity index (χ2n) is 16.1. The van der Waals surface area contributed by atoms with Gasteiger partial charge in [-0.3, -0.25) is 9.59 Å². The highest BCUT2D eigenvalue weighted by Crippen LogP contribution is 2.14. The van der Waals surface area contributed by atoms with Crippen molar-refractivity contribution in [1.29, 1.82) is 0 Å². The molecule has 6 nitrogen and oxygen atoms in total. The Hall–Kier alpha value is -1.92. The Balaban J connectivity index is 3.57. The summed E-state index contributed by atoms with van der Waals surface area (Å²) in [7, 11) is 0. The molecule has 0 aliphatic heterocycles. The first-order chi connectivity index (χ1) is 27.0. The first kappa shape index (κ1) is 53.1. The molecule has 55 heavy (non-hydrogen) atoms. The van der Waals surface area contributed by atoms with Crippen molar-refractivity contribution in [3.8, 4) is 0 Å². The van der Waals surface area contributed by atoms with Crippen LogP contribution in [0, 0.1) is 0 Å². The van der Waals surface area contributed by atoms with Gasteiger partial charge in [0.05, 0.1) is 25.4 Å². The summed E-state index contributed by atoms with van der Waals surface area (Å²) in [6.07, 6.45) is 52.8. The van der Waals surface area contributed by atoms with Gasteiger partial charge in [-0.05, 0) is 77.0 Å². The lowest BCUT2D eigenvalue weighted by molar-refractivity contribution is -0.143. The van der Waals surface area contributed by atoms with E-state index in [-0.39, 0.29) is 18.5 Å². The summed E-state index contributed by atoms with van der Waals surface area (Å²) in [6.45, 7) is 4.78. The molecular weight excluding hydrogens is 683 g/mol. The summed E-state index contributed by atoms with van der Waals surface area (Å²) in [4.78, 5) is 24.4. The van der Waals surface area contributed by atoms with Gasteiger partial charge >= 0.3 is 5.97 Å². The van der Waals surface area contributed by atoms with E-state index in [9.17, 15) is 19.8 Å². The van der Waals surface area contributed by atoms with Gasteiger partial charge in [0.25, 0.3) is 0 Å². The molecule has 0 saturated carbocycles. The molecule has 0 rings (SSSR count). The lowest BCUT2D eigenvalue weighted by Gasteiger charge is -2.19. The molecule has 1 amide bonds. The predicted molar refractivity (Wildman–Crippen MR) is 236 cm³/mol. The van der Waals surface area contributed by atoms with E-state index in [1.54, 1.807) is 6.08 Å². The SMILES string of the molecule is CCCCCCCC/C=C\CCCCCCCCCC(=O)OCCCCCC/C=C\CCCC(=O)NC(CO)C(O)/C=C/CCCCCCCCCCCC. The van der Waals surface area contributed by atoms with Crippen LogP contribution in [-0.4, -0.2) is 47.4 Å². The molecule has 3 N–H and O–H groups in total. The van der Waals surface area contributed by atoms with Gasteiger partial charge in [0.15, 0.2) is 0 Å². The zero-order chi connectivity index (χ0) is 40.1. The number of rotatable bonds is 43. The van der Waals surface area contributed by atoms with Gasteiger partial charge in [0.1, 0.15) is 0 Å². The second kappa shape index (κ2) is 44.8. The maximum atomic E-state index is 12.4. The predicted octanol–water partition coefficient (Wildman–Crippen LogP) is 13.7. The van der Waals surface area contributed by atoms with Crippen molar-refractivity contribution in [2.24, 2.45) is 0 Å². The summed E-state index contributed by atoms with van der Waals surface area (Å²) >= 11 is 0. The van der Waals surface area contributed by atoms with Gasteiger partial charge in [-0.25, -0.2) is 0 Å². The van der Waals surface area contributed by atoms with Crippen molar-refractivity contribution in [3.05, 3.63) is 36.5 Å². The fourth-order valence-electron chi connectivity index (χ4n) is 6.92. The van der Waals surface area contributed by atoms with Crippen molar-refractivity contribution < 1.29 is 24.5 Å². The third-order valence-corrected chi connectivity index (χ3v) is 10.6. The van der Waals surface area contributed by atoms with Crippen LogP contribution in [0.1, 0.15) is 239 Å². The number of ether oxygens (including phenoxy) is 1. The molecule has 6 heteroatoms. The van der Waals surface area contributed by atoms with Crippen molar-refractivity contribution in [2.45, 2.75) is 251 Å². The van der Waals surface area contributed by atoms with Crippen LogP contribution in [0.5, 0.6) is 0 Å². The Morgan fingerprint density at radius 2 is 0.873 bits per heavy atom. The summed E-state index contributed by atoms with van der Waals surface area (Å²) < 4.78 is 5.43. The Morgan fingerprint density at radius 1 is 0.491 bits per heavy atom. The normalized spacial score (nSPS) is 13.0. The summed E-state index contributed by atoms with van der Waals surface area (Å²) in [5, 5.41) is 22.9. The fraction of sp³-hybridized carbons (Fsp3) is 0.837. The maximum Gasteiger partial charge on any atom is 0.305 e. The molecule has 0 aliphatic carbocycles. The first-order valence-electron chi connectivity index (χ1n) is 23.8. The number of hydrogen-bond donors (Lipinski definition) is 3. The van der Waals surface area contributed by atoms with E-state index in [1.807, 2.05) is 6.08 Å². The van der Waals surface area contributed by atoms with Gasteiger partial charge in [0.2, 0.25) is 5.91 Å². The van der Waals surface area contributed by atoms with Crippen LogP contribution >= 0.6 is 0 Å². The Labute approximate surface area is 341 Å². The van der Waals surface area contributed by atoms with Crippen LogP contribution in [0.2, 0.25) is 0 Å². The van der Waals surface area contributed by atoms with E-state index < -0.39 is 12.1 Å². The van der Waals surface area contributed by atoms with E-state index in [1.165, 1.54) is 141 Å². The molecule has 0 aromatic heterocycles. The minimum Gasteiger partial charge on any atom is -0.466 e. The standard InChI is InChI=1S/C49H91NO5/c1-3-5-7-9-11-13-15-17-18-19-20-21-23-27-31-35-39-43-49(54)55-44-40-36-32-28-24-26-30-34-38-42-48(53)50-46(45-51)47(52)41-37-33-29-25-22-16-14-12-10-8-6-4-2/h17-18,26,30,37,41,46-47,51-52H,3-16,19-25,27-29,31-36,38-40,42-45H2,1-2H3,(H,50,53)/b18-17-,30-26-,41-37+. The average Bonchev–Trinajstić information content (AvgIpc) is 3.18. The second-order valence-corrected chi connectivity index (χ2v) is 16.1. The number of allylic oxidation sites excluding steroid dienone is 5. The van der Waals surface area contributed by atoms with Crippen LogP contribution in [-0.2, 0) is 14.3 Å². The minimum absolute atomic E-state index is 0.0425. The Bertz CT molecular complexity index is 900. The number of carbonyl (C=O) groups excluding carboxylic acids is 2. The van der Waals surface area contributed by atoms with Crippen LogP contribution in [0.3, 0.4) is 0 Å². The number of hydrogen-bond acceptors (Lipinski definition) is 5. The molecular formula is C49H91NO5. The molecule has 2 atom stereocenters. The number of amides is 1. The molecule has 0 spiro atoms. The summed E-state index contributed by atoms with van der Waals surface area (Å²) in [6, 6.07) is -0.664. The highest BCUT2D eigenvalue weighted by atomic mass is 16.5. The van der Waals surface area contributed by atoms with Crippen molar-refractivity contribution in [2.75, 3.05) is 13.2 Å². The topological polar surface area (TPSA) is 95.9 Å². The van der Waals surface area contributed by atoms with Crippen LogP contribution in [0.4, 0.5) is 0 Å². The van der Waals surface area contributed by atoms with Gasteiger partial charge in [-0.2, -0.15) is 0 Å². The highest BCUT2D eigenvalue weighted by molar-refractivity contribution is 5.76. The lowest BCUT2D eigenvalue weighted by atomic mass is 10.1. The molecule has 322 valence electrons. The third-order valence-electron chi connectivity index (χ3n) is 10.6. The number of unbranched alkanes of at least 4 members (excludes halogenated alkanes) is 28. The molecule has 0 bridgehead atoms. The quantitative estimate of drug-likeness (QED) is 0.0326. The number of carbonyl (C=O) groups is 2. The van der Waals surface area contributed by atoms with Crippen LogP contribution in [0.25, 0.3) is 0 Å². The molecule has 0 saturated heterocycles. The van der Waals surface area contributed by atoms with Gasteiger partial charge in [-0.1, -0.05) is 185 Å². The van der Waals surface area contributed by atoms with Crippen LogP contribution < -0.4 is 5.32 Å². The molecule has 0 aromatic carbocycles. The van der Waals surface area contributed by atoms with E-state index in [2.05, 4.69) is 43.5 Å². The van der Waals surface area contributed by atoms with E-state index in [0.29, 0.717) is 19.4 Å². The number of esters is 1. The van der Waals surface area contributed by atoms with Gasteiger partial charge in [-0.15, -0.1) is 0 Å². The summed E-state index contributed by atoms with van der Waals surface area (Å²) in [5.74, 6) is -0.173. The molecule has 0 aromatic rings. The average molecular weight is 774 g/mol. The molecule has 0 radical (unpaired) electrons. The number of nitrogens with one attached hydrogen (secondary N) is 1. The van der Waals surface area contributed by atoms with E-state index >= 15 is 0 Å². The Morgan fingerprint density at radius 3 is 1.33 bits per heavy atom. The first-order valence-corrected chi connectivity index (χ1v) is 23.8. The van der Waals surface area contributed by atoms with E-state index in [0.717, 1.165) is 70.6 Å². The van der Waals surface area contributed by atoms with Gasteiger partial charge < -0.3 is 20.3 Å². The minimum atomic E-state index is -0.874. The third kappa shape index (κ3) is 41.5. The monoisotopic (exact) mass is 774 g/mol. The summed E-state index contributed by atoms with van der Waals surface area (Å²) in [5.41, 5.74) is 0. The Kier molecular flexibility index (Phi) is 43.2. The number of aliphatic hydroxyl groups is 2. The molecule has 2 unspecified atom stereocenters. The van der Waals surface area contributed by atoms with Crippen molar-refractivity contribution in [1.82, 2.24) is 5.32 Å². The van der Waals surface area contributed by atoms with E-state index in [4.69, 9.17) is 4.74 Å². The van der Waals surface area contributed by atoms with Gasteiger partial charge in [0, 0.05) is 12.8 Å².